The Morgan fingerprint density at radius 1 is 1.10 bits per heavy atom. The number of hydrogen-bond acceptors (Lipinski definition) is 6. The number of allylic oxidation sites excluding steroid dienone is 1. The van der Waals surface area contributed by atoms with Crippen LogP contribution in [-0.2, 0) is 25.7 Å². The molecule has 2 aromatic rings. The molecule has 0 aromatic heterocycles. The minimum Gasteiger partial charge on any atom is -0.465 e. The summed E-state index contributed by atoms with van der Waals surface area (Å²) < 4.78 is 4.96. The fourth-order valence-electron chi connectivity index (χ4n) is 7.03. The molecule has 2 unspecified atom stereocenters. The van der Waals surface area contributed by atoms with Gasteiger partial charge in [0.15, 0.2) is 0 Å². The summed E-state index contributed by atoms with van der Waals surface area (Å²) in [6.45, 7) is 8.27. The normalized spacial score (nSPS) is 26.5. The van der Waals surface area contributed by atoms with E-state index in [1.54, 1.807) is 27.6 Å². The van der Waals surface area contributed by atoms with Crippen molar-refractivity contribution in [3.63, 3.8) is 0 Å². The second-order valence-corrected chi connectivity index (χ2v) is 13.0. The Balaban J connectivity index is 1.51. The first-order valence-corrected chi connectivity index (χ1v) is 15.7. The molecule has 0 aliphatic carbocycles. The first-order chi connectivity index (χ1) is 20.5. The molecule has 1 N–H and O–H groups in total. The highest BCUT2D eigenvalue weighted by Gasteiger charge is 2.74. The van der Waals surface area contributed by atoms with E-state index in [-0.39, 0.29) is 29.6 Å². The van der Waals surface area contributed by atoms with Gasteiger partial charge in [-0.3, -0.25) is 14.4 Å². The van der Waals surface area contributed by atoms with E-state index < -0.39 is 28.7 Å². The van der Waals surface area contributed by atoms with Crippen molar-refractivity contribution >= 4 is 29.5 Å². The van der Waals surface area contributed by atoms with Gasteiger partial charge in [0.05, 0.1) is 35.8 Å². The van der Waals surface area contributed by atoms with Gasteiger partial charge in [0, 0.05) is 18.3 Å². The molecule has 3 aliphatic rings. The van der Waals surface area contributed by atoms with Crippen molar-refractivity contribution in [1.29, 1.82) is 0 Å². The van der Waals surface area contributed by atoms with Gasteiger partial charge in [0.2, 0.25) is 11.8 Å². The van der Waals surface area contributed by atoms with Crippen molar-refractivity contribution in [1.82, 2.24) is 9.80 Å². The van der Waals surface area contributed by atoms with Crippen molar-refractivity contribution < 1.29 is 24.2 Å². The molecule has 2 amide bonds. The molecule has 2 bridgehead atoms. The highest BCUT2D eigenvalue weighted by molar-refractivity contribution is 8.02. The maximum absolute atomic E-state index is 14.7. The Hall–Kier alpha value is -3.36. The predicted molar refractivity (Wildman–Crippen MR) is 164 cm³/mol. The average molecular weight is 589 g/mol. The monoisotopic (exact) mass is 588 g/mol. The summed E-state index contributed by atoms with van der Waals surface area (Å²) in [6.07, 6.45) is 7.39. The maximum atomic E-state index is 14.7. The van der Waals surface area contributed by atoms with E-state index in [4.69, 9.17) is 4.74 Å². The molecule has 5 rings (SSSR count). The smallest absolute Gasteiger partial charge is 0.310 e. The molecule has 0 radical (unpaired) electrons. The Labute approximate surface area is 252 Å². The van der Waals surface area contributed by atoms with E-state index in [1.165, 1.54) is 0 Å². The van der Waals surface area contributed by atoms with Gasteiger partial charge in [-0.1, -0.05) is 72.8 Å². The number of rotatable bonds is 14. The number of hydrogen-bond donors (Lipinski definition) is 1. The molecule has 3 aliphatic heterocycles. The number of fused-ring (bicyclic) bond motifs is 1. The number of nitrogens with zero attached hydrogens (tertiary/aromatic N) is 2. The third kappa shape index (κ3) is 5.54. The summed E-state index contributed by atoms with van der Waals surface area (Å²) in [5, 5.41) is 10.6. The second kappa shape index (κ2) is 13.3. The molecule has 1 spiro atoms. The van der Waals surface area contributed by atoms with Gasteiger partial charge in [0.1, 0.15) is 6.04 Å². The first-order valence-electron chi connectivity index (χ1n) is 14.8. The van der Waals surface area contributed by atoms with Crippen molar-refractivity contribution in [2.24, 2.45) is 11.8 Å². The number of amides is 2. The van der Waals surface area contributed by atoms with Crippen LogP contribution in [0.1, 0.15) is 49.3 Å². The Morgan fingerprint density at radius 2 is 1.81 bits per heavy atom. The molecular weight excluding hydrogens is 548 g/mol. The molecule has 3 heterocycles. The Bertz CT molecular complexity index is 1290. The van der Waals surface area contributed by atoms with Crippen LogP contribution in [0, 0.1) is 11.8 Å². The Morgan fingerprint density at radius 3 is 2.48 bits per heavy atom. The fraction of sp³-hybridized carbons (Fsp3) is 0.441. The number of thioether (sulfide) groups is 1. The van der Waals surface area contributed by atoms with Crippen molar-refractivity contribution in [2.45, 2.75) is 60.7 Å². The molecule has 3 saturated heterocycles. The minimum absolute atomic E-state index is 0.0802. The number of aliphatic hydroxyl groups excluding tert-OH is 1. The first kappa shape index (κ1) is 30.1. The van der Waals surface area contributed by atoms with Crippen LogP contribution in [-0.4, -0.2) is 68.5 Å². The van der Waals surface area contributed by atoms with Crippen LogP contribution < -0.4 is 0 Å². The van der Waals surface area contributed by atoms with Crippen molar-refractivity contribution in [2.75, 3.05) is 19.8 Å². The standard InChI is InChI=1S/C34H40N2O5S/c1-3-5-6-13-21-41-33(40)28-27-18-19-34(42-27)29(28)31(38)36(26(23-37)25-16-11-8-12-17-25)30(34)32(39)35(20-4-2)22-24-14-9-7-10-15-24/h3-4,7-12,14-17,26-30,37H,1-2,5-6,13,18-23H2/t26-,27-,28+,29+,30?,34?/m1/s1. The zero-order valence-electron chi connectivity index (χ0n) is 24.0. The van der Waals surface area contributed by atoms with Crippen LogP contribution in [0.5, 0.6) is 0 Å². The maximum Gasteiger partial charge on any atom is 0.310 e. The molecule has 7 nitrogen and oxygen atoms in total. The third-order valence-electron chi connectivity index (χ3n) is 8.86. The van der Waals surface area contributed by atoms with Gasteiger partial charge < -0.3 is 19.6 Å². The number of carbonyl (C=O) groups is 3. The fourth-order valence-corrected chi connectivity index (χ4v) is 9.22. The van der Waals surface area contributed by atoms with Crippen LogP contribution in [0.4, 0.5) is 0 Å². The average Bonchev–Trinajstić information content (AvgIpc) is 3.66. The highest BCUT2D eigenvalue weighted by atomic mass is 32.2. The summed E-state index contributed by atoms with van der Waals surface area (Å²) in [6, 6.07) is 17.5. The van der Waals surface area contributed by atoms with Crippen LogP contribution in [0.25, 0.3) is 0 Å². The van der Waals surface area contributed by atoms with Gasteiger partial charge in [-0.15, -0.1) is 24.9 Å². The molecule has 42 heavy (non-hydrogen) atoms. The molecular formula is C34H40N2O5S. The lowest BCUT2D eigenvalue weighted by molar-refractivity contribution is -0.154. The second-order valence-electron chi connectivity index (χ2n) is 11.4. The van der Waals surface area contributed by atoms with Crippen LogP contribution >= 0.6 is 11.8 Å². The van der Waals surface area contributed by atoms with Gasteiger partial charge in [0.25, 0.3) is 0 Å². The van der Waals surface area contributed by atoms with Gasteiger partial charge in [-0.25, -0.2) is 0 Å². The van der Waals surface area contributed by atoms with Gasteiger partial charge in [-0.2, -0.15) is 0 Å². The number of benzene rings is 2. The van der Waals surface area contributed by atoms with E-state index in [9.17, 15) is 19.5 Å². The number of aliphatic hydroxyl groups is 1. The van der Waals surface area contributed by atoms with Crippen LogP contribution in [0.15, 0.2) is 86.0 Å². The third-order valence-corrected chi connectivity index (χ3v) is 10.8. The summed E-state index contributed by atoms with van der Waals surface area (Å²) >= 11 is 1.61. The van der Waals surface area contributed by atoms with Crippen molar-refractivity contribution in [3.05, 3.63) is 97.1 Å². The lowest BCUT2D eigenvalue weighted by atomic mass is 9.71. The topological polar surface area (TPSA) is 87.1 Å². The van der Waals surface area contributed by atoms with E-state index in [1.807, 2.05) is 66.7 Å². The molecule has 0 saturated carbocycles. The van der Waals surface area contributed by atoms with Gasteiger partial charge >= 0.3 is 5.97 Å². The molecule has 2 aromatic carbocycles. The molecule has 6 atom stereocenters. The quantitative estimate of drug-likeness (QED) is 0.191. The van der Waals surface area contributed by atoms with Crippen molar-refractivity contribution in [3.8, 4) is 0 Å². The number of esters is 1. The SMILES string of the molecule is C=CCCCCOC(=O)[C@@H]1[C@H]2C(=O)N([C@H](CO)c3ccccc3)C(C(=O)N(CC=C)Cc3ccccc3)C23CC[C@H]1S3. The number of unbranched alkanes of at least 4 members (excludes halogenated alkanes) is 2. The predicted octanol–water partition coefficient (Wildman–Crippen LogP) is 4.93. The lowest BCUT2D eigenvalue weighted by Crippen LogP contribution is -2.55. The number of likely N-dealkylation sites (tertiary alicyclic amines) is 1. The Kier molecular flexibility index (Phi) is 9.53. The lowest BCUT2D eigenvalue weighted by Gasteiger charge is -2.39. The summed E-state index contributed by atoms with van der Waals surface area (Å²) in [5.74, 6) is -2.09. The van der Waals surface area contributed by atoms with Crippen LogP contribution in [0.2, 0.25) is 0 Å². The summed E-state index contributed by atoms with van der Waals surface area (Å²) in [4.78, 5) is 46.1. The zero-order valence-corrected chi connectivity index (χ0v) is 24.8. The highest BCUT2D eigenvalue weighted by Crippen LogP contribution is 2.67. The van der Waals surface area contributed by atoms with Gasteiger partial charge in [-0.05, 0) is 43.2 Å². The van der Waals surface area contributed by atoms with Crippen LogP contribution in [0.3, 0.4) is 0 Å². The minimum atomic E-state index is -0.837. The number of carbonyl (C=O) groups excluding carboxylic acids is 3. The van der Waals surface area contributed by atoms with E-state index in [2.05, 4.69) is 13.2 Å². The largest absolute Gasteiger partial charge is 0.465 e. The van der Waals surface area contributed by atoms with E-state index in [0.29, 0.717) is 26.1 Å². The molecule has 8 heteroatoms. The molecule has 3 fully saturated rings. The number of ether oxygens (including phenoxy) is 1. The summed E-state index contributed by atoms with van der Waals surface area (Å²) in [5.41, 5.74) is 1.72. The van der Waals surface area contributed by atoms with E-state index >= 15 is 0 Å². The molecule has 222 valence electrons. The van der Waals surface area contributed by atoms with E-state index in [0.717, 1.165) is 36.8 Å². The zero-order chi connectivity index (χ0) is 29.7. The summed E-state index contributed by atoms with van der Waals surface area (Å²) in [7, 11) is 0.